The number of aromatic nitrogens is 2. The van der Waals surface area contributed by atoms with Crippen molar-refractivity contribution in [2.24, 2.45) is 0 Å². The Morgan fingerprint density at radius 2 is 1.82 bits per heavy atom. The van der Waals surface area contributed by atoms with Gasteiger partial charge in [-0.2, -0.15) is 5.10 Å². The van der Waals surface area contributed by atoms with E-state index >= 15 is 0 Å². The van der Waals surface area contributed by atoms with Crippen LogP contribution >= 0.6 is 0 Å². The molecule has 34 heavy (non-hydrogen) atoms. The summed E-state index contributed by atoms with van der Waals surface area (Å²) in [5, 5.41) is 8.04. The molecule has 1 aliphatic heterocycles. The van der Waals surface area contributed by atoms with Gasteiger partial charge in [-0.3, -0.25) is 24.0 Å². The average Bonchev–Trinajstić information content (AvgIpc) is 3.38. The molecular weight excluding hydrogens is 430 g/mol. The first-order valence-electron chi connectivity index (χ1n) is 10.9. The molecule has 0 unspecified atom stereocenters. The van der Waals surface area contributed by atoms with Crippen LogP contribution < -0.4 is 5.32 Å². The number of fused-ring (bicyclic) bond motifs is 2. The number of nitrogens with one attached hydrogen (secondary N) is 1. The molecule has 1 N–H and O–H groups in total. The van der Waals surface area contributed by atoms with E-state index in [9.17, 15) is 14.4 Å². The molecule has 2 heterocycles. The second-order valence-corrected chi connectivity index (χ2v) is 8.78. The monoisotopic (exact) mass is 457 g/mol. The van der Waals surface area contributed by atoms with E-state index in [4.69, 9.17) is 0 Å². The molecule has 4 rings (SSSR count). The van der Waals surface area contributed by atoms with Gasteiger partial charge in [-0.1, -0.05) is 31.4 Å². The average molecular weight is 458 g/mol. The van der Waals surface area contributed by atoms with Crippen molar-refractivity contribution in [1.29, 1.82) is 0 Å². The fourth-order valence-electron chi connectivity index (χ4n) is 3.95. The summed E-state index contributed by atoms with van der Waals surface area (Å²) in [6.07, 6.45) is 2.01. The maximum absolute atomic E-state index is 13.1. The second kappa shape index (κ2) is 8.62. The summed E-state index contributed by atoms with van der Waals surface area (Å²) in [5.41, 5.74) is 3.98. The standard InChI is InChI=1S/C26H27N5O3/c1-15(2)31-13-19-12-18(10-11-23(19)28-31)20-8-7-9-21-22(20)14-30(26(21)34)17(4)24(32)27-16(3)25(33)29(5)6/h7-13,15H,3-4,14H2,1-2,5-6H3,(H,27,32). The minimum Gasteiger partial charge on any atom is -0.344 e. The Morgan fingerprint density at radius 1 is 1.12 bits per heavy atom. The van der Waals surface area contributed by atoms with Gasteiger partial charge in [-0.15, -0.1) is 0 Å². The van der Waals surface area contributed by atoms with Crippen molar-refractivity contribution in [3.8, 4) is 11.1 Å². The Labute approximate surface area is 198 Å². The minimum atomic E-state index is -0.648. The van der Waals surface area contributed by atoms with Gasteiger partial charge in [0.25, 0.3) is 17.7 Å². The molecular formula is C26H27N5O3. The van der Waals surface area contributed by atoms with Gasteiger partial charge in [-0.05, 0) is 48.7 Å². The number of amides is 3. The molecule has 0 bridgehead atoms. The quantitative estimate of drug-likeness (QED) is 0.574. The first kappa shape index (κ1) is 23.0. The SMILES string of the molecule is C=C(NC(=O)C(=C)N1Cc2c(cccc2-c2ccc3nn(C(C)C)cc3c2)C1=O)C(=O)N(C)C. The first-order valence-corrected chi connectivity index (χ1v) is 10.9. The van der Waals surface area contributed by atoms with Crippen LogP contribution in [-0.4, -0.2) is 51.4 Å². The van der Waals surface area contributed by atoms with Crippen LogP contribution in [0.25, 0.3) is 22.0 Å². The lowest BCUT2D eigenvalue weighted by molar-refractivity contribution is -0.127. The third kappa shape index (κ3) is 3.98. The summed E-state index contributed by atoms with van der Waals surface area (Å²) in [4.78, 5) is 40.4. The van der Waals surface area contributed by atoms with Crippen LogP contribution in [0.1, 0.15) is 35.8 Å². The Balaban J connectivity index is 1.61. The Kier molecular flexibility index (Phi) is 5.83. The van der Waals surface area contributed by atoms with E-state index in [0.717, 1.165) is 27.6 Å². The summed E-state index contributed by atoms with van der Waals surface area (Å²) in [7, 11) is 3.11. The molecule has 2 aromatic carbocycles. The normalized spacial score (nSPS) is 12.7. The highest BCUT2D eigenvalue weighted by Gasteiger charge is 2.33. The van der Waals surface area contributed by atoms with Crippen molar-refractivity contribution in [3.63, 3.8) is 0 Å². The molecule has 3 aromatic rings. The molecule has 1 aliphatic rings. The molecule has 3 amide bonds. The number of rotatable bonds is 6. The zero-order valence-corrected chi connectivity index (χ0v) is 19.8. The van der Waals surface area contributed by atoms with E-state index < -0.39 is 11.8 Å². The topological polar surface area (TPSA) is 87.5 Å². The zero-order valence-electron chi connectivity index (χ0n) is 19.8. The molecule has 8 heteroatoms. The van der Waals surface area contributed by atoms with Gasteiger partial charge in [0.15, 0.2) is 0 Å². The van der Waals surface area contributed by atoms with Crippen molar-refractivity contribution in [2.75, 3.05) is 14.1 Å². The van der Waals surface area contributed by atoms with Crippen molar-refractivity contribution >= 4 is 28.6 Å². The Hall–Kier alpha value is -4.20. The van der Waals surface area contributed by atoms with Crippen LogP contribution in [0.5, 0.6) is 0 Å². The van der Waals surface area contributed by atoms with Crippen molar-refractivity contribution in [1.82, 2.24) is 24.9 Å². The zero-order chi connectivity index (χ0) is 24.7. The number of hydrogen-bond acceptors (Lipinski definition) is 4. The maximum atomic E-state index is 13.1. The van der Waals surface area contributed by atoms with Gasteiger partial charge < -0.3 is 10.2 Å². The van der Waals surface area contributed by atoms with E-state index in [1.54, 1.807) is 20.2 Å². The largest absolute Gasteiger partial charge is 0.344 e. The van der Waals surface area contributed by atoms with Crippen LogP contribution in [0, 0.1) is 0 Å². The minimum absolute atomic E-state index is 0.0477. The van der Waals surface area contributed by atoms with Gasteiger partial charge in [0.1, 0.15) is 5.70 Å². The number of carbonyl (C=O) groups excluding carboxylic acids is 3. The molecule has 0 saturated heterocycles. The summed E-state index contributed by atoms with van der Waals surface area (Å²) >= 11 is 0. The van der Waals surface area contributed by atoms with Gasteiger partial charge in [-0.25, -0.2) is 0 Å². The fraction of sp³-hybridized carbons (Fsp3) is 0.231. The summed E-state index contributed by atoms with van der Waals surface area (Å²) < 4.78 is 1.92. The van der Waals surface area contributed by atoms with E-state index in [1.807, 2.05) is 35.1 Å². The van der Waals surface area contributed by atoms with E-state index in [1.165, 1.54) is 9.80 Å². The Morgan fingerprint density at radius 3 is 2.50 bits per heavy atom. The highest BCUT2D eigenvalue weighted by Crippen LogP contribution is 2.35. The predicted molar refractivity (Wildman–Crippen MR) is 131 cm³/mol. The van der Waals surface area contributed by atoms with Crippen molar-refractivity contribution < 1.29 is 14.4 Å². The van der Waals surface area contributed by atoms with E-state index in [0.29, 0.717) is 5.56 Å². The molecule has 0 atom stereocenters. The molecule has 0 fully saturated rings. The molecule has 0 spiro atoms. The van der Waals surface area contributed by atoms with Crippen LogP contribution in [0.2, 0.25) is 0 Å². The highest BCUT2D eigenvalue weighted by atomic mass is 16.2. The van der Waals surface area contributed by atoms with E-state index in [2.05, 4.69) is 43.5 Å². The Bertz CT molecular complexity index is 1370. The molecule has 0 radical (unpaired) electrons. The van der Waals surface area contributed by atoms with Crippen LogP contribution in [0.3, 0.4) is 0 Å². The molecule has 174 valence electrons. The molecule has 8 nitrogen and oxygen atoms in total. The van der Waals surface area contributed by atoms with Crippen LogP contribution in [0.4, 0.5) is 0 Å². The third-order valence-corrected chi connectivity index (χ3v) is 5.85. The van der Waals surface area contributed by atoms with Crippen LogP contribution in [0.15, 0.2) is 67.1 Å². The highest BCUT2D eigenvalue weighted by molar-refractivity contribution is 6.08. The number of likely N-dealkylation sites (N-methyl/N-ethyl adjacent to an activating group) is 1. The predicted octanol–water partition coefficient (Wildman–Crippen LogP) is 3.47. The smallest absolute Gasteiger partial charge is 0.271 e. The first-order chi connectivity index (χ1) is 16.1. The summed E-state index contributed by atoms with van der Waals surface area (Å²) in [6, 6.07) is 11.8. The van der Waals surface area contributed by atoms with E-state index in [-0.39, 0.29) is 29.9 Å². The van der Waals surface area contributed by atoms with Crippen LogP contribution in [-0.2, 0) is 16.1 Å². The molecule has 1 aromatic heterocycles. The third-order valence-electron chi connectivity index (χ3n) is 5.85. The number of carbonyl (C=O) groups is 3. The fourth-order valence-corrected chi connectivity index (χ4v) is 3.95. The van der Waals surface area contributed by atoms with Gasteiger partial charge in [0.2, 0.25) is 0 Å². The number of nitrogens with zero attached hydrogens (tertiary/aromatic N) is 4. The molecule has 0 saturated carbocycles. The number of hydrogen-bond donors (Lipinski definition) is 1. The van der Waals surface area contributed by atoms with Crippen molar-refractivity contribution in [3.05, 3.63) is 78.3 Å². The van der Waals surface area contributed by atoms with Gasteiger partial charge in [0.05, 0.1) is 17.8 Å². The lowest BCUT2D eigenvalue weighted by Gasteiger charge is -2.19. The molecule has 0 aliphatic carbocycles. The number of benzene rings is 2. The summed E-state index contributed by atoms with van der Waals surface area (Å²) in [6.45, 7) is 11.8. The van der Waals surface area contributed by atoms with Gasteiger partial charge in [0, 0.05) is 37.3 Å². The lowest BCUT2D eigenvalue weighted by atomic mass is 9.96. The lowest BCUT2D eigenvalue weighted by Crippen LogP contribution is -2.38. The second-order valence-electron chi connectivity index (χ2n) is 8.78. The van der Waals surface area contributed by atoms with Crippen molar-refractivity contribution in [2.45, 2.75) is 26.4 Å². The van der Waals surface area contributed by atoms with Gasteiger partial charge >= 0.3 is 0 Å². The summed E-state index contributed by atoms with van der Waals surface area (Å²) in [5.74, 6) is -1.39. The maximum Gasteiger partial charge on any atom is 0.271 e.